The molecule has 3 heteroatoms. The molecule has 0 amide bonds. The number of nitrogens with two attached hydrogens (primary N) is 1. The Kier molecular flexibility index (Phi) is 3.10. The Morgan fingerprint density at radius 2 is 2.07 bits per heavy atom. The van der Waals surface area contributed by atoms with E-state index in [1.165, 1.54) is 32.5 Å². The Bertz CT molecular complexity index is 193. The Balaban J connectivity index is 1.91. The van der Waals surface area contributed by atoms with Crippen LogP contribution in [0.2, 0.25) is 0 Å². The van der Waals surface area contributed by atoms with Gasteiger partial charge in [0, 0.05) is 31.7 Å². The molecule has 1 saturated heterocycles. The van der Waals surface area contributed by atoms with Gasteiger partial charge in [-0.25, -0.2) is 0 Å². The molecule has 0 bridgehead atoms. The van der Waals surface area contributed by atoms with Crippen molar-refractivity contribution in [2.75, 3.05) is 33.2 Å². The first-order valence-electron chi connectivity index (χ1n) is 5.86. The van der Waals surface area contributed by atoms with Crippen molar-refractivity contribution in [3.05, 3.63) is 0 Å². The van der Waals surface area contributed by atoms with Crippen molar-refractivity contribution in [2.45, 2.75) is 31.8 Å². The number of hydrogen-bond donors (Lipinski definition) is 1. The van der Waals surface area contributed by atoms with Gasteiger partial charge >= 0.3 is 0 Å². The smallest absolute Gasteiger partial charge is 0.0198 e. The summed E-state index contributed by atoms with van der Waals surface area (Å²) in [7, 11) is 2.22. The van der Waals surface area contributed by atoms with Crippen molar-refractivity contribution < 1.29 is 0 Å². The second-order valence-corrected chi connectivity index (χ2v) is 4.99. The molecule has 82 valence electrons. The van der Waals surface area contributed by atoms with Crippen LogP contribution in [0.5, 0.6) is 0 Å². The molecule has 2 fully saturated rings. The minimum absolute atomic E-state index is 0.716. The van der Waals surface area contributed by atoms with Gasteiger partial charge in [-0.1, -0.05) is 0 Å². The molecular weight excluding hydrogens is 174 g/mol. The van der Waals surface area contributed by atoms with E-state index in [0.29, 0.717) is 6.04 Å². The van der Waals surface area contributed by atoms with Gasteiger partial charge in [0.15, 0.2) is 0 Å². The fourth-order valence-corrected chi connectivity index (χ4v) is 2.91. The van der Waals surface area contributed by atoms with Gasteiger partial charge in [0.1, 0.15) is 0 Å². The maximum atomic E-state index is 5.77. The summed E-state index contributed by atoms with van der Waals surface area (Å²) in [5.74, 6) is 0.779. The van der Waals surface area contributed by atoms with Crippen LogP contribution in [0, 0.1) is 5.92 Å². The summed E-state index contributed by atoms with van der Waals surface area (Å²) in [6.07, 6.45) is 2.72. The van der Waals surface area contributed by atoms with Crippen LogP contribution in [0.25, 0.3) is 0 Å². The van der Waals surface area contributed by atoms with Gasteiger partial charge in [0.05, 0.1) is 0 Å². The molecule has 0 aromatic rings. The molecule has 2 aliphatic rings. The standard InChI is InChI=1S/C11H23N3/c1-9-8-13(2)5-6-14(9)11-4-3-10(11)7-12/h9-11H,3-8,12H2,1-2H3. The van der Waals surface area contributed by atoms with Crippen LogP contribution < -0.4 is 5.73 Å². The van der Waals surface area contributed by atoms with Gasteiger partial charge in [-0.15, -0.1) is 0 Å². The largest absolute Gasteiger partial charge is 0.330 e. The average Bonchev–Trinajstić information content (AvgIpc) is 2.08. The highest BCUT2D eigenvalue weighted by Crippen LogP contribution is 2.33. The van der Waals surface area contributed by atoms with Crippen LogP contribution in [0.4, 0.5) is 0 Å². The molecule has 1 aliphatic heterocycles. The summed E-state index contributed by atoms with van der Waals surface area (Å²) >= 11 is 0. The van der Waals surface area contributed by atoms with Crippen LogP contribution >= 0.6 is 0 Å². The van der Waals surface area contributed by atoms with Crippen LogP contribution in [-0.4, -0.2) is 55.1 Å². The maximum absolute atomic E-state index is 5.77. The Labute approximate surface area is 87.2 Å². The molecule has 0 radical (unpaired) electrons. The Morgan fingerprint density at radius 3 is 2.57 bits per heavy atom. The van der Waals surface area contributed by atoms with Crippen molar-refractivity contribution in [1.29, 1.82) is 0 Å². The van der Waals surface area contributed by atoms with E-state index in [9.17, 15) is 0 Å². The maximum Gasteiger partial charge on any atom is 0.0198 e. The fraction of sp³-hybridized carbons (Fsp3) is 1.00. The van der Waals surface area contributed by atoms with Crippen LogP contribution in [0.15, 0.2) is 0 Å². The third-order valence-electron chi connectivity index (χ3n) is 3.99. The van der Waals surface area contributed by atoms with Crippen LogP contribution in [0.1, 0.15) is 19.8 Å². The van der Waals surface area contributed by atoms with E-state index in [1.54, 1.807) is 0 Å². The highest BCUT2D eigenvalue weighted by molar-refractivity contribution is 4.93. The van der Waals surface area contributed by atoms with Gasteiger partial charge < -0.3 is 10.6 Å². The second kappa shape index (κ2) is 4.17. The molecule has 1 saturated carbocycles. The van der Waals surface area contributed by atoms with Crippen molar-refractivity contribution in [3.8, 4) is 0 Å². The summed E-state index contributed by atoms with van der Waals surface area (Å²) in [4.78, 5) is 5.11. The van der Waals surface area contributed by atoms with E-state index in [1.807, 2.05) is 0 Å². The molecule has 0 spiro atoms. The average molecular weight is 197 g/mol. The van der Waals surface area contributed by atoms with E-state index in [-0.39, 0.29) is 0 Å². The van der Waals surface area contributed by atoms with E-state index >= 15 is 0 Å². The van der Waals surface area contributed by atoms with Crippen molar-refractivity contribution in [1.82, 2.24) is 9.80 Å². The quantitative estimate of drug-likeness (QED) is 0.694. The third kappa shape index (κ3) is 1.81. The summed E-state index contributed by atoms with van der Waals surface area (Å²) < 4.78 is 0. The zero-order valence-corrected chi connectivity index (χ0v) is 9.45. The van der Waals surface area contributed by atoms with Crippen molar-refractivity contribution >= 4 is 0 Å². The van der Waals surface area contributed by atoms with Crippen LogP contribution in [0.3, 0.4) is 0 Å². The number of piperazine rings is 1. The number of likely N-dealkylation sites (N-methyl/N-ethyl adjacent to an activating group) is 1. The summed E-state index contributed by atoms with van der Waals surface area (Å²) in [6, 6.07) is 1.51. The molecule has 3 unspecified atom stereocenters. The zero-order valence-electron chi connectivity index (χ0n) is 9.45. The predicted molar refractivity (Wildman–Crippen MR) is 59.2 cm³/mol. The molecule has 1 heterocycles. The Hall–Kier alpha value is -0.120. The lowest BCUT2D eigenvalue weighted by atomic mass is 9.77. The highest BCUT2D eigenvalue weighted by atomic mass is 15.3. The predicted octanol–water partition coefficient (Wildman–Crippen LogP) is 0.360. The Morgan fingerprint density at radius 1 is 1.29 bits per heavy atom. The topological polar surface area (TPSA) is 32.5 Å². The lowest BCUT2D eigenvalue weighted by Gasteiger charge is -2.50. The van der Waals surface area contributed by atoms with Gasteiger partial charge in [-0.3, -0.25) is 4.90 Å². The second-order valence-electron chi connectivity index (χ2n) is 4.99. The van der Waals surface area contributed by atoms with Crippen molar-refractivity contribution in [3.63, 3.8) is 0 Å². The molecule has 2 rings (SSSR count). The molecule has 3 nitrogen and oxygen atoms in total. The monoisotopic (exact) mass is 197 g/mol. The number of rotatable bonds is 2. The summed E-state index contributed by atoms with van der Waals surface area (Å²) in [5.41, 5.74) is 5.77. The number of hydrogen-bond acceptors (Lipinski definition) is 3. The van der Waals surface area contributed by atoms with Crippen molar-refractivity contribution in [2.24, 2.45) is 11.7 Å². The molecule has 14 heavy (non-hydrogen) atoms. The minimum Gasteiger partial charge on any atom is -0.330 e. The van der Waals surface area contributed by atoms with Crippen LogP contribution in [-0.2, 0) is 0 Å². The third-order valence-corrected chi connectivity index (χ3v) is 3.99. The molecule has 0 aromatic carbocycles. The lowest BCUT2D eigenvalue weighted by molar-refractivity contribution is -0.00452. The normalized spacial score (nSPS) is 40.9. The number of nitrogens with zero attached hydrogens (tertiary/aromatic N) is 2. The fourth-order valence-electron chi connectivity index (χ4n) is 2.91. The molecule has 0 aromatic heterocycles. The van der Waals surface area contributed by atoms with Gasteiger partial charge in [-0.2, -0.15) is 0 Å². The van der Waals surface area contributed by atoms with Gasteiger partial charge in [0.2, 0.25) is 0 Å². The first-order valence-corrected chi connectivity index (χ1v) is 5.86. The van der Waals surface area contributed by atoms with E-state index in [0.717, 1.165) is 18.5 Å². The first-order chi connectivity index (χ1) is 6.72. The SMILES string of the molecule is CC1CN(C)CCN1C1CCC1CN. The lowest BCUT2D eigenvalue weighted by Crippen LogP contribution is -2.59. The highest BCUT2D eigenvalue weighted by Gasteiger charge is 2.37. The molecule has 2 N–H and O–H groups in total. The summed E-state index contributed by atoms with van der Waals surface area (Å²) in [5, 5.41) is 0. The minimum atomic E-state index is 0.716. The molecular formula is C11H23N3. The molecule has 1 aliphatic carbocycles. The van der Waals surface area contributed by atoms with E-state index in [2.05, 4.69) is 23.8 Å². The van der Waals surface area contributed by atoms with E-state index < -0.39 is 0 Å². The van der Waals surface area contributed by atoms with Gasteiger partial charge in [0.25, 0.3) is 0 Å². The molecule has 3 atom stereocenters. The summed E-state index contributed by atoms with van der Waals surface area (Å²) in [6.45, 7) is 6.90. The van der Waals surface area contributed by atoms with Gasteiger partial charge in [-0.05, 0) is 39.3 Å². The first kappa shape index (κ1) is 10.4. The van der Waals surface area contributed by atoms with E-state index in [4.69, 9.17) is 5.73 Å². The zero-order chi connectivity index (χ0) is 10.1.